The number of hydrogen-bond donors (Lipinski definition) is 3. The van der Waals surface area contributed by atoms with Crippen molar-refractivity contribution in [1.29, 1.82) is 0 Å². The number of halogens is 1. The van der Waals surface area contributed by atoms with Crippen molar-refractivity contribution in [2.24, 2.45) is 5.92 Å². The highest BCUT2D eigenvalue weighted by atomic mass is 19.1. The Bertz CT molecular complexity index is 597. The number of benzene rings is 1. The minimum atomic E-state index is -1.19. The highest BCUT2D eigenvalue weighted by Crippen LogP contribution is 2.32. The topological polar surface area (TPSA) is 76.4 Å². The molecule has 23 heavy (non-hydrogen) atoms. The maximum atomic E-state index is 14.5. The lowest BCUT2D eigenvalue weighted by molar-refractivity contribution is -0.0989. The average Bonchev–Trinajstić information content (AvgIpc) is 3.13. The van der Waals surface area contributed by atoms with Gasteiger partial charge in [-0.15, -0.1) is 0 Å². The van der Waals surface area contributed by atoms with Crippen LogP contribution in [0.3, 0.4) is 0 Å². The van der Waals surface area contributed by atoms with E-state index in [-0.39, 0.29) is 18.3 Å². The monoisotopic (exact) mass is 324 g/mol. The van der Waals surface area contributed by atoms with Crippen molar-refractivity contribution < 1.29 is 24.4 Å². The lowest BCUT2D eigenvalue weighted by atomic mass is 10.1. The maximum Gasteiger partial charge on any atom is 0.238 e. The van der Waals surface area contributed by atoms with Crippen molar-refractivity contribution in [2.75, 3.05) is 36.0 Å². The van der Waals surface area contributed by atoms with Gasteiger partial charge in [0.1, 0.15) is 11.9 Å². The molecule has 0 saturated carbocycles. The highest BCUT2D eigenvalue weighted by Gasteiger charge is 2.32. The summed E-state index contributed by atoms with van der Waals surface area (Å²) >= 11 is 0. The second kappa shape index (κ2) is 6.35. The zero-order chi connectivity index (χ0) is 16.6. The standard InChI is InChI=1S/C16H21FN2O4/c1-10(21)11-4-5-18(7-11)15-3-2-12(6-14(15)17)19-8-13(9-20)23-16(19)22/h2-3,6,11,13,16,20-22H,1,4-5,7-9H2. The lowest BCUT2D eigenvalue weighted by Gasteiger charge is -2.23. The van der Waals surface area contributed by atoms with Crippen LogP contribution in [-0.2, 0) is 4.74 Å². The third-order valence-corrected chi connectivity index (χ3v) is 4.45. The van der Waals surface area contributed by atoms with E-state index < -0.39 is 18.3 Å². The van der Waals surface area contributed by atoms with Crippen molar-refractivity contribution in [3.05, 3.63) is 36.4 Å². The largest absolute Gasteiger partial charge is 0.513 e. The highest BCUT2D eigenvalue weighted by molar-refractivity contribution is 5.58. The van der Waals surface area contributed by atoms with Gasteiger partial charge in [0.15, 0.2) is 0 Å². The van der Waals surface area contributed by atoms with Gasteiger partial charge >= 0.3 is 0 Å². The quantitative estimate of drug-likeness (QED) is 0.723. The Morgan fingerprint density at radius 3 is 2.74 bits per heavy atom. The smallest absolute Gasteiger partial charge is 0.238 e. The molecule has 126 valence electrons. The lowest BCUT2D eigenvalue weighted by Crippen LogP contribution is -2.30. The van der Waals surface area contributed by atoms with Gasteiger partial charge in [-0.25, -0.2) is 4.39 Å². The van der Waals surface area contributed by atoms with Crippen molar-refractivity contribution in [3.63, 3.8) is 0 Å². The number of hydrogen-bond acceptors (Lipinski definition) is 6. The minimum absolute atomic E-state index is 0.0341. The van der Waals surface area contributed by atoms with E-state index in [4.69, 9.17) is 9.84 Å². The Hall–Kier alpha value is -1.83. The van der Waals surface area contributed by atoms with Gasteiger partial charge in [0.05, 0.1) is 24.6 Å². The molecular weight excluding hydrogens is 303 g/mol. The second-order valence-electron chi connectivity index (χ2n) is 5.98. The van der Waals surface area contributed by atoms with Gasteiger partial charge in [-0.2, -0.15) is 0 Å². The molecule has 3 unspecified atom stereocenters. The summed E-state index contributed by atoms with van der Waals surface area (Å²) < 4.78 is 19.6. The van der Waals surface area contributed by atoms with Crippen LogP contribution in [0.1, 0.15) is 6.42 Å². The van der Waals surface area contributed by atoms with E-state index in [2.05, 4.69) is 6.58 Å². The summed E-state index contributed by atoms with van der Waals surface area (Å²) in [6.07, 6.45) is -0.929. The van der Waals surface area contributed by atoms with Gasteiger partial charge in [0.2, 0.25) is 6.41 Å². The molecule has 0 radical (unpaired) electrons. The van der Waals surface area contributed by atoms with Crippen LogP contribution in [-0.4, -0.2) is 54.1 Å². The fraction of sp³-hybridized carbons (Fsp3) is 0.500. The zero-order valence-corrected chi connectivity index (χ0v) is 12.7. The van der Waals surface area contributed by atoms with Gasteiger partial charge in [-0.05, 0) is 24.6 Å². The molecule has 7 heteroatoms. The molecule has 1 aromatic carbocycles. The molecule has 2 aliphatic rings. The number of ether oxygens (including phenoxy) is 1. The summed E-state index contributed by atoms with van der Waals surface area (Å²) in [5, 5.41) is 28.4. The van der Waals surface area contributed by atoms with Crippen molar-refractivity contribution >= 4 is 11.4 Å². The van der Waals surface area contributed by atoms with Crippen LogP contribution in [0.5, 0.6) is 0 Å². The maximum absolute atomic E-state index is 14.5. The van der Waals surface area contributed by atoms with Crippen LogP contribution >= 0.6 is 0 Å². The van der Waals surface area contributed by atoms with Crippen LogP contribution < -0.4 is 9.80 Å². The van der Waals surface area contributed by atoms with Crippen molar-refractivity contribution in [3.8, 4) is 0 Å². The summed E-state index contributed by atoms with van der Waals surface area (Å²) in [5.74, 6) is -0.295. The predicted molar refractivity (Wildman–Crippen MR) is 83.8 cm³/mol. The second-order valence-corrected chi connectivity index (χ2v) is 5.98. The van der Waals surface area contributed by atoms with Crippen LogP contribution in [0, 0.1) is 11.7 Å². The molecule has 2 fully saturated rings. The third kappa shape index (κ3) is 3.12. The Morgan fingerprint density at radius 1 is 1.39 bits per heavy atom. The Labute approximate surface area is 134 Å². The number of anilines is 2. The molecule has 0 spiro atoms. The third-order valence-electron chi connectivity index (χ3n) is 4.45. The van der Waals surface area contributed by atoms with E-state index in [9.17, 15) is 14.6 Å². The molecule has 3 rings (SSSR count). The van der Waals surface area contributed by atoms with E-state index in [1.54, 1.807) is 12.1 Å². The van der Waals surface area contributed by atoms with Crippen molar-refractivity contribution in [2.45, 2.75) is 18.9 Å². The predicted octanol–water partition coefficient (Wildman–Crippen LogP) is 1.20. The summed E-state index contributed by atoms with van der Waals surface area (Å²) in [7, 11) is 0. The molecule has 0 aromatic heterocycles. The van der Waals surface area contributed by atoms with Crippen molar-refractivity contribution in [1.82, 2.24) is 0 Å². The molecular formula is C16H21FN2O4. The van der Waals surface area contributed by atoms with Crippen LogP contribution in [0.2, 0.25) is 0 Å². The number of aliphatic hydroxyl groups is 3. The van der Waals surface area contributed by atoms with E-state index in [1.165, 1.54) is 11.0 Å². The molecule has 3 N–H and O–H groups in total. The molecule has 3 atom stereocenters. The summed E-state index contributed by atoms with van der Waals surface area (Å²) in [4.78, 5) is 3.37. The fourth-order valence-electron chi connectivity index (χ4n) is 3.11. The summed E-state index contributed by atoms with van der Waals surface area (Å²) in [6, 6.07) is 4.72. The van der Waals surface area contributed by atoms with Gasteiger partial charge < -0.3 is 29.9 Å². The molecule has 2 saturated heterocycles. The summed E-state index contributed by atoms with van der Waals surface area (Å²) in [6.45, 7) is 4.83. The first-order valence-electron chi connectivity index (χ1n) is 7.63. The van der Waals surface area contributed by atoms with Gasteiger partial charge in [0, 0.05) is 24.7 Å². The Kier molecular flexibility index (Phi) is 4.43. The zero-order valence-electron chi connectivity index (χ0n) is 12.7. The first-order chi connectivity index (χ1) is 11.0. The van der Waals surface area contributed by atoms with Crippen LogP contribution in [0.25, 0.3) is 0 Å². The Morgan fingerprint density at radius 2 is 2.17 bits per heavy atom. The fourth-order valence-corrected chi connectivity index (χ4v) is 3.11. The molecule has 0 bridgehead atoms. The Balaban J connectivity index is 1.75. The molecule has 2 heterocycles. The van der Waals surface area contributed by atoms with E-state index >= 15 is 0 Å². The van der Waals surface area contributed by atoms with E-state index in [0.717, 1.165) is 6.42 Å². The van der Waals surface area contributed by atoms with E-state index in [0.29, 0.717) is 31.0 Å². The van der Waals surface area contributed by atoms with Crippen LogP contribution in [0.4, 0.5) is 15.8 Å². The molecule has 6 nitrogen and oxygen atoms in total. The average molecular weight is 324 g/mol. The van der Waals surface area contributed by atoms with Gasteiger partial charge in [0.25, 0.3) is 0 Å². The van der Waals surface area contributed by atoms with Crippen LogP contribution in [0.15, 0.2) is 30.5 Å². The molecule has 2 aliphatic heterocycles. The normalized spacial score (nSPS) is 27.7. The molecule has 0 amide bonds. The molecule has 1 aromatic rings. The van der Waals surface area contributed by atoms with Gasteiger partial charge in [-0.3, -0.25) is 0 Å². The number of aliphatic hydroxyl groups excluding tert-OH is 3. The number of rotatable bonds is 4. The first kappa shape index (κ1) is 16.0. The minimum Gasteiger partial charge on any atom is -0.513 e. The molecule has 0 aliphatic carbocycles. The van der Waals surface area contributed by atoms with Gasteiger partial charge in [-0.1, -0.05) is 6.58 Å². The summed E-state index contributed by atoms with van der Waals surface area (Å²) in [5.41, 5.74) is 0.961. The SMILES string of the molecule is C=C(O)C1CCN(c2ccc(N3CC(CO)OC3O)cc2F)C1. The number of nitrogens with zero attached hydrogens (tertiary/aromatic N) is 2. The first-order valence-corrected chi connectivity index (χ1v) is 7.63. The van der Waals surface area contributed by atoms with E-state index in [1.807, 2.05) is 4.90 Å².